The van der Waals surface area contributed by atoms with E-state index in [9.17, 15) is 9.90 Å². The Balaban J connectivity index is 2.24. The first kappa shape index (κ1) is 13.5. The van der Waals surface area contributed by atoms with Crippen molar-refractivity contribution >= 4 is 5.97 Å². The second-order valence-corrected chi connectivity index (χ2v) is 4.50. The van der Waals surface area contributed by atoms with Gasteiger partial charge in [0.2, 0.25) is 0 Å². The lowest BCUT2D eigenvalue weighted by molar-refractivity contribution is -0.143. The minimum atomic E-state index is -0.245. The van der Waals surface area contributed by atoms with Gasteiger partial charge in [-0.25, -0.2) is 0 Å². The molecule has 0 spiro atoms. The molecule has 1 N–H and O–H groups in total. The number of piperidine rings is 1. The van der Waals surface area contributed by atoms with E-state index < -0.39 is 0 Å². The number of ether oxygens (including phenoxy) is 1. The molecule has 4 nitrogen and oxygen atoms in total. The quantitative estimate of drug-likeness (QED) is 0.715. The van der Waals surface area contributed by atoms with Crippen LogP contribution in [0.4, 0.5) is 0 Å². The van der Waals surface area contributed by atoms with Gasteiger partial charge in [0, 0.05) is 13.1 Å². The van der Waals surface area contributed by atoms with E-state index in [0.717, 1.165) is 32.5 Å². The summed E-state index contributed by atoms with van der Waals surface area (Å²) in [7, 11) is 0. The summed E-state index contributed by atoms with van der Waals surface area (Å²) in [4.78, 5) is 13.5. The molecule has 1 rings (SSSR count). The van der Waals surface area contributed by atoms with Crippen LogP contribution in [0.5, 0.6) is 0 Å². The first-order valence-electron chi connectivity index (χ1n) is 6.19. The number of rotatable bonds is 5. The van der Waals surface area contributed by atoms with Gasteiger partial charge in [0.15, 0.2) is 0 Å². The van der Waals surface area contributed by atoms with Crippen LogP contribution in [-0.2, 0) is 9.53 Å². The summed E-state index contributed by atoms with van der Waals surface area (Å²) in [5.74, 6) is 0.234. The van der Waals surface area contributed by atoms with Gasteiger partial charge in [0.25, 0.3) is 0 Å². The average molecular weight is 229 g/mol. The molecule has 1 aliphatic heterocycles. The third kappa shape index (κ3) is 4.49. The molecule has 0 aromatic carbocycles. The third-order valence-corrected chi connectivity index (χ3v) is 3.16. The maximum Gasteiger partial charge on any atom is 0.307 e. The number of nitrogens with zero attached hydrogens (tertiary/aromatic N) is 1. The molecule has 2 unspecified atom stereocenters. The Bertz CT molecular complexity index is 218. The normalized spacial score (nSPS) is 24.1. The number of aliphatic hydroxyl groups is 1. The molecule has 1 aliphatic rings. The molecule has 94 valence electrons. The van der Waals surface area contributed by atoms with Gasteiger partial charge in [0.05, 0.1) is 19.1 Å². The van der Waals surface area contributed by atoms with Gasteiger partial charge in [-0.2, -0.15) is 0 Å². The Morgan fingerprint density at radius 2 is 2.38 bits per heavy atom. The molecule has 0 radical (unpaired) electrons. The predicted molar refractivity (Wildman–Crippen MR) is 62.1 cm³/mol. The van der Waals surface area contributed by atoms with Gasteiger partial charge in [-0.3, -0.25) is 4.79 Å². The Morgan fingerprint density at radius 3 is 3.00 bits per heavy atom. The van der Waals surface area contributed by atoms with Crippen LogP contribution < -0.4 is 0 Å². The fourth-order valence-corrected chi connectivity index (χ4v) is 2.17. The van der Waals surface area contributed by atoms with Crippen LogP contribution in [0.15, 0.2) is 0 Å². The van der Waals surface area contributed by atoms with Gasteiger partial charge >= 0.3 is 5.97 Å². The van der Waals surface area contributed by atoms with Crippen LogP contribution in [0, 0.1) is 5.92 Å². The molecule has 0 amide bonds. The monoisotopic (exact) mass is 229 g/mol. The molecule has 16 heavy (non-hydrogen) atoms. The van der Waals surface area contributed by atoms with E-state index in [1.165, 1.54) is 0 Å². The summed E-state index contributed by atoms with van der Waals surface area (Å²) in [6, 6.07) is 0. The molecular weight excluding hydrogens is 206 g/mol. The van der Waals surface area contributed by atoms with Crippen molar-refractivity contribution in [3.8, 4) is 0 Å². The van der Waals surface area contributed by atoms with Gasteiger partial charge < -0.3 is 14.7 Å². The van der Waals surface area contributed by atoms with E-state index in [4.69, 9.17) is 4.74 Å². The Hall–Kier alpha value is -0.610. The second-order valence-electron chi connectivity index (χ2n) is 4.50. The minimum Gasteiger partial charge on any atom is -0.466 e. The van der Waals surface area contributed by atoms with Crippen LogP contribution in [0.2, 0.25) is 0 Å². The lowest BCUT2D eigenvalue weighted by Crippen LogP contribution is -2.40. The summed E-state index contributed by atoms with van der Waals surface area (Å²) in [5.41, 5.74) is 0. The van der Waals surface area contributed by atoms with E-state index in [0.29, 0.717) is 18.9 Å². The Labute approximate surface area is 97.6 Å². The number of aliphatic hydroxyl groups excluding tert-OH is 1. The molecule has 0 aromatic heterocycles. The SMILES string of the molecule is CCOC(=O)CCN1CCCC(C(C)O)C1. The molecule has 1 fully saturated rings. The number of likely N-dealkylation sites (tertiary alicyclic amines) is 1. The molecular formula is C12H23NO3. The molecule has 0 bridgehead atoms. The zero-order valence-corrected chi connectivity index (χ0v) is 10.3. The molecule has 4 heteroatoms. The van der Waals surface area contributed by atoms with Crippen molar-refractivity contribution in [1.29, 1.82) is 0 Å². The van der Waals surface area contributed by atoms with Crippen LogP contribution in [0.25, 0.3) is 0 Å². The summed E-state index contributed by atoms with van der Waals surface area (Å²) < 4.78 is 4.89. The van der Waals surface area contributed by atoms with E-state index in [1.807, 2.05) is 13.8 Å². The first-order valence-corrected chi connectivity index (χ1v) is 6.19. The second kappa shape index (κ2) is 6.86. The molecule has 0 saturated carbocycles. The predicted octanol–water partition coefficient (Wildman–Crippen LogP) is 1.03. The molecule has 0 aliphatic carbocycles. The van der Waals surface area contributed by atoms with Crippen molar-refractivity contribution in [3.63, 3.8) is 0 Å². The first-order chi connectivity index (χ1) is 7.63. The summed E-state index contributed by atoms with van der Waals surface area (Å²) in [6.45, 7) is 6.80. The zero-order chi connectivity index (χ0) is 12.0. The van der Waals surface area contributed by atoms with Crippen molar-refractivity contribution in [2.24, 2.45) is 5.92 Å². The highest BCUT2D eigenvalue weighted by atomic mass is 16.5. The van der Waals surface area contributed by atoms with Crippen LogP contribution in [0.1, 0.15) is 33.1 Å². The van der Waals surface area contributed by atoms with E-state index in [1.54, 1.807) is 0 Å². The van der Waals surface area contributed by atoms with Crippen molar-refractivity contribution < 1.29 is 14.6 Å². The van der Waals surface area contributed by atoms with E-state index in [2.05, 4.69) is 4.90 Å². The third-order valence-electron chi connectivity index (χ3n) is 3.16. The number of esters is 1. The van der Waals surface area contributed by atoms with Crippen LogP contribution in [-0.4, -0.2) is 48.3 Å². The van der Waals surface area contributed by atoms with Gasteiger partial charge in [0.1, 0.15) is 0 Å². The van der Waals surface area contributed by atoms with E-state index >= 15 is 0 Å². The molecule has 1 saturated heterocycles. The molecule has 1 heterocycles. The molecule has 0 aromatic rings. The van der Waals surface area contributed by atoms with Gasteiger partial charge in [-0.1, -0.05) is 0 Å². The number of carbonyl (C=O) groups excluding carboxylic acids is 1. The highest BCUT2D eigenvalue weighted by Gasteiger charge is 2.23. The van der Waals surface area contributed by atoms with Crippen molar-refractivity contribution in [1.82, 2.24) is 4.90 Å². The Morgan fingerprint density at radius 1 is 1.62 bits per heavy atom. The summed E-state index contributed by atoms with van der Waals surface area (Å²) >= 11 is 0. The zero-order valence-electron chi connectivity index (χ0n) is 10.3. The van der Waals surface area contributed by atoms with E-state index in [-0.39, 0.29) is 12.1 Å². The fraction of sp³-hybridized carbons (Fsp3) is 0.917. The molecule has 2 atom stereocenters. The lowest BCUT2D eigenvalue weighted by atomic mass is 9.93. The maximum atomic E-state index is 11.2. The number of carbonyl (C=O) groups is 1. The van der Waals surface area contributed by atoms with Crippen molar-refractivity contribution in [2.45, 2.75) is 39.2 Å². The fourth-order valence-electron chi connectivity index (χ4n) is 2.17. The lowest BCUT2D eigenvalue weighted by Gasteiger charge is -2.33. The highest BCUT2D eigenvalue weighted by molar-refractivity contribution is 5.69. The average Bonchev–Trinajstić information content (AvgIpc) is 2.27. The van der Waals surface area contributed by atoms with Crippen molar-refractivity contribution in [2.75, 3.05) is 26.2 Å². The summed E-state index contributed by atoms with van der Waals surface area (Å²) in [6.07, 6.45) is 2.41. The Kier molecular flexibility index (Phi) is 5.77. The standard InChI is InChI=1S/C12H23NO3/c1-3-16-12(15)6-8-13-7-4-5-11(9-13)10(2)14/h10-11,14H,3-9H2,1-2H3. The smallest absolute Gasteiger partial charge is 0.307 e. The van der Waals surface area contributed by atoms with Crippen LogP contribution >= 0.6 is 0 Å². The summed E-state index contributed by atoms with van der Waals surface area (Å²) in [5, 5.41) is 9.54. The maximum absolute atomic E-state index is 11.2. The minimum absolute atomic E-state index is 0.123. The number of hydrogen-bond acceptors (Lipinski definition) is 4. The largest absolute Gasteiger partial charge is 0.466 e. The van der Waals surface area contributed by atoms with Crippen LogP contribution in [0.3, 0.4) is 0 Å². The van der Waals surface area contributed by atoms with Gasteiger partial charge in [-0.15, -0.1) is 0 Å². The highest BCUT2D eigenvalue weighted by Crippen LogP contribution is 2.19. The van der Waals surface area contributed by atoms with Crippen molar-refractivity contribution in [3.05, 3.63) is 0 Å². The van der Waals surface area contributed by atoms with Gasteiger partial charge in [-0.05, 0) is 39.2 Å². The number of hydrogen-bond donors (Lipinski definition) is 1. The topological polar surface area (TPSA) is 49.8 Å².